The van der Waals surface area contributed by atoms with Crippen LogP contribution in [0.4, 0.5) is 5.69 Å². The van der Waals surface area contributed by atoms with Gasteiger partial charge in [-0.2, -0.15) is 5.26 Å². The van der Waals surface area contributed by atoms with Crippen LogP contribution in [-0.4, -0.2) is 31.2 Å². The van der Waals surface area contributed by atoms with Crippen LogP contribution in [0.15, 0.2) is 18.3 Å². The first-order valence-electron chi connectivity index (χ1n) is 5.68. The molecule has 3 heterocycles. The molecule has 1 aromatic rings. The Bertz CT molecular complexity index is 408. The monoisotopic (exact) mass is 214 g/mol. The van der Waals surface area contributed by atoms with Crippen molar-refractivity contribution in [2.24, 2.45) is 11.8 Å². The average molecular weight is 214 g/mol. The van der Waals surface area contributed by atoms with Crippen molar-refractivity contribution in [2.75, 3.05) is 31.1 Å². The maximum absolute atomic E-state index is 8.69. The molecule has 0 radical (unpaired) electrons. The summed E-state index contributed by atoms with van der Waals surface area (Å²) in [6.07, 6.45) is 1.81. The Morgan fingerprint density at radius 2 is 2.06 bits per heavy atom. The predicted molar refractivity (Wildman–Crippen MR) is 61.0 cm³/mol. The highest BCUT2D eigenvalue weighted by Crippen LogP contribution is 2.29. The Morgan fingerprint density at radius 1 is 1.31 bits per heavy atom. The first-order chi connectivity index (χ1) is 7.86. The summed E-state index contributed by atoms with van der Waals surface area (Å²) in [5.74, 6) is 1.58. The van der Waals surface area contributed by atoms with E-state index in [1.807, 2.05) is 18.3 Å². The van der Waals surface area contributed by atoms with Crippen LogP contribution in [0.5, 0.6) is 0 Å². The fourth-order valence-electron chi connectivity index (χ4n) is 2.71. The van der Waals surface area contributed by atoms with Crippen LogP contribution in [0.25, 0.3) is 0 Å². The maximum atomic E-state index is 8.69. The van der Waals surface area contributed by atoms with Gasteiger partial charge in [-0.15, -0.1) is 0 Å². The smallest absolute Gasteiger partial charge is 0.140 e. The third-order valence-electron chi connectivity index (χ3n) is 3.62. The van der Waals surface area contributed by atoms with E-state index < -0.39 is 0 Å². The second kappa shape index (κ2) is 3.76. The number of aromatic nitrogens is 1. The van der Waals surface area contributed by atoms with Gasteiger partial charge in [-0.25, -0.2) is 4.98 Å². The fourth-order valence-corrected chi connectivity index (χ4v) is 2.71. The van der Waals surface area contributed by atoms with Crippen LogP contribution in [0.1, 0.15) is 5.69 Å². The molecule has 2 saturated heterocycles. The Hall–Kier alpha value is -1.60. The van der Waals surface area contributed by atoms with Crippen molar-refractivity contribution in [2.45, 2.75) is 0 Å². The Morgan fingerprint density at radius 3 is 2.62 bits per heavy atom. The van der Waals surface area contributed by atoms with E-state index in [2.05, 4.69) is 15.2 Å². The van der Waals surface area contributed by atoms with E-state index >= 15 is 0 Å². The van der Waals surface area contributed by atoms with Gasteiger partial charge in [0.15, 0.2) is 0 Å². The van der Waals surface area contributed by atoms with E-state index in [0.29, 0.717) is 5.69 Å². The Balaban J connectivity index is 1.76. The molecule has 0 unspecified atom stereocenters. The molecule has 4 heteroatoms. The van der Waals surface area contributed by atoms with Crippen molar-refractivity contribution in [1.29, 1.82) is 5.26 Å². The highest BCUT2D eigenvalue weighted by molar-refractivity contribution is 5.47. The van der Waals surface area contributed by atoms with Crippen molar-refractivity contribution in [3.05, 3.63) is 24.0 Å². The molecule has 16 heavy (non-hydrogen) atoms. The van der Waals surface area contributed by atoms with Crippen molar-refractivity contribution < 1.29 is 0 Å². The second-order valence-corrected chi connectivity index (χ2v) is 4.60. The van der Waals surface area contributed by atoms with Gasteiger partial charge in [-0.05, 0) is 24.0 Å². The summed E-state index contributed by atoms with van der Waals surface area (Å²) < 4.78 is 0. The number of rotatable bonds is 1. The average Bonchev–Trinajstić information content (AvgIpc) is 2.89. The van der Waals surface area contributed by atoms with Gasteiger partial charge < -0.3 is 10.2 Å². The lowest BCUT2D eigenvalue weighted by atomic mass is 10.0. The maximum Gasteiger partial charge on any atom is 0.140 e. The van der Waals surface area contributed by atoms with Crippen molar-refractivity contribution in [3.8, 4) is 6.07 Å². The molecule has 4 nitrogen and oxygen atoms in total. The lowest BCUT2D eigenvalue weighted by Gasteiger charge is -2.19. The van der Waals surface area contributed by atoms with Gasteiger partial charge in [0.1, 0.15) is 11.8 Å². The van der Waals surface area contributed by atoms with Crippen LogP contribution < -0.4 is 10.2 Å². The third kappa shape index (κ3) is 1.54. The zero-order valence-corrected chi connectivity index (χ0v) is 9.06. The van der Waals surface area contributed by atoms with Crippen molar-refractivity contribution in [1.82, 2.24) is 10.3 Å². The number of hydrogen-bond donors (Lipinski definition) is 1. The summed E-state index contributed by atoms with van der Waals surface area (Å²) >= 11 is 0. The Labute approximate surface area is 94.9 Å². The molecular formula is C12H14N4. The summed E-state index contributed by atoms with van der Waals surface area (Å²) in [5, 5.41) is 12.1. The number of pyridine rings is 1. The summed E-state index contributed by atoms with van der Waals surface area (Å²) in [6, 6.07) is 5.84. The van der Waals surface area contributed by atoms with Crippen LogP contribution in [0.2, 0.25) is 0 Å². The SMILES string of the molecule is N#Cc1ccc(N2C[C@H]3CNC[C@H]3C2)cn1. The molecular weight excluding hydrogens is 200 g/mol. The lowest BCUT2D eigenvalue weighted by molar-refractivity contribution is 0.533. The van der Waals surface area contributed by atoms with E-state index in [1.165, 1.54) is 0 Å². The largest absolute Gasteiger partial charge is 0.370 e. The molecule has 1 aromatic heterocycles. The van der Waals surface area contributed by atoms with E-state index in [0.717, 1.165) is 43.7 Å². The molecule has 0 amide bonds. The number of nitriles is 1. The van der Waals surface area contributed by atoms with Crippen LogP contribution in [0.3, 0.4) is 0 Å². The molecule has 82 valence electrons. The van der Waals surface area contributed by atoms with Crippen LogP contribution in [-0.2, 0) is 0 Å². The zero-order valence-electron chi connectivity index (χ0n) is 9.06. The van der Waals surface area contributed by atoms with Crippen molar-refractivity contribution in [3.63, 3.8) is 0 Å². The minimum absolute atomic E-state index is 0.491. The molecule has 2 aliphatic rings. The first-order valence-corrected chi connectivity index (χ1v) is 5.68. The number of nitrogens with one attached hydrogen (secondary N) is 1. The summed E-state index contributed by atoms with van der Waals surface area (Å²) in [4.78, 5) is 6.50. The first kappa shape index (κ1) is 9.61. The van der Waals surface area contributed by atoms with Gasteiger partial charge in [-0.3, -0.25) is 0 Å². The topological polar surface area (TPSA) is 52.0 Å². The molecule has 3 rings (SSSR count). The quantitative estimate of drug-likeness (QED) is 0.744. The van der Waals surface area contributed by atoms with Crippen LogP contribution >= 0.6 is 0 Å². The van der Waals surface area contributed by atoms with Gasteiger partial charge in [0, 0.05) is 26.2 Å². The molecule has 0 aromatic carbocycles. The predicted octanol–water partition coefficient (Wildman–Crippen LogP) is 0.609. The minimum Gasteiger partial charge on any atom is -0.370 e. The highest BCUT2D eigenvalue weighted by Gasteiger charge is 2.36. The lowest BCUT2D eigenvalue weighted by Crippen LogP contribution is -2.25. The van der Waals surface area contributed by atoms with Gasteiger partial charge in [0.05, 0.1) is 11.9 Å². The van der Waals surface area contributed by atoms with E-state index in [9.17, 15) is 0 Å². The molecule has 2 aliphatic heterocycles. The summed E-state index contributed by atoms with van der Waals surface area (Å²) in [7, 11) is 0. The standard InChI is InChI=1S/C12H14N4/c13-3-11-1-2-12(6-15-11)16-7-9-4-14-5-10(9)8-16/h1-2,6,9-10,14H,4-5,7-8H2/t9-,10+. The third-order valence-corrected chi connectivity index (χ3v) is 3.62. The van der Waals surface area contributed by atoms with E-state index in [4.69, 9.17) is 5.26 Å². The molecule has 2 fully saturated rings. The molecule has 0 aliphatic carbocycles. The number of hydrogen-bond acceptors (Lipinski definition) is 4. The molecule has 2 atom stereocenters. The molecule has 1 N–H and O–H groups in total. The molecule has 0 spiro atoms. The van der Waals surface area contributed by atoms with Crippen molar-refractivity contribution >= 4 is 5.69 Å². The normalized spacial score (nSPS) is 27.8. The van der Waals surface area contributed by atoms with Crippen LogP contribution in [0, 0.1) is 23.2 Å². The molecule has 0 bridgehead atoms. The minimum atomic E-state index is 0.491. The summed E-state index contributed by atoms with van der Waals surface area (Å²) in [5.41, 5.74) is 1.64. The van der Waals surface area contributed by atoms with E-state index in [-0.39, 0.29) is 0 Å². The van der Waals surface area contributed by atoms with Gasteiger partial charge in [0.25, 0.3) is 0 Å². The number of anilines is 1. The van der Waals surface area contributed by atoms with Gasteiger partial charge in [0.2, 0.25) is 0 Å². The number of nitrogens with zero attached hydrogens (tertiary/aromatic N) is 3. The summed E-state index contributed by atoms with van der Waals surface area (Å²) in [6.45, 7) is 4.52. The van der Waals surface area contributed by atoms with E-state index in [1.54, 1.807) is 6.07 Å². The van der Waals surface area contributed by atoms with Gasteiger partial charge >= 0.3 is 0 Å². The highest BCUT2D eigenvalue weighted by atomic mass is 15.2. The Kier molecular flexibility index (Phi) is 2.26. The zero-order chi connectivity index (χ0) is 11.0. The molecule has 0 saturated carbocycles. The second-order valence-electron chi connectivity index (χ2n) is 4.60. The fraction of sp³-hybridized carbons (Fsp3) is 0.500. The number of fused-ring (bicyclic) bond motifs is 1. The van der Waals surface area contributed by atoms with Gasteiger partial charge in [-0.1, -0.05) is 0 Å².